The molecular formula is C11H22N2O3. The number of carboxylic acids is 1. The summed E-state index contributed by atoms with van der Waals surface area (Å²) in [5.74, 6) is -0.937. The summed E-state index contributed by atoms with van der Waals surface area (Å²) >= 11 is 0. The van der Waals surface area contributed by atoms with E-state index in [1.807, 2.05) is 0 Å². The van der Waals surface area contributed by atoms with Gasteiger partial charge in [-0.1, -0.05) is 0 Å². The highest BCUT2D eigenvalue weighted by molar-refractivity contribution is 5.77. The average Bonchev–Trinajstić information content (AvgIpc) is 2.26. The topological polar surface area (TPSA) is 75.8 Å². The van der Waals surface area contributed by atoms with Crippen LogP contribution in [0.25, 0.3) is 0 Å². The molecule has 1 aliphatic rings. The summed E-state index contributed by atoms with van der Waals surface area (Å²) in [5, 5.41) is 8.90. The molecule has 1 rings (SSSR count). The molecule has 3 N–H and O–H groups in total. The van der Waals surface area contributed by atoms with Crippen LogP contribution in [0.15, 0.2) is 0 Å². The molecule has 2 atom stereocenters. The molecule has 0 aromatic carbocycles. The fourth-order valence-electron chi connectivity index (χ4n) is 1.91. The summed E-state index contributed by atoms with van der Waals surface area (Å²) in [6.07, 6.45) is 2.94. The predicted octanol–water partition coefficient (Wildman–Crippen LogP) is 0.289. The second-order valence-electron chi connectivity index (χ2n) is 4.77. The molecule has 0 spiro atoms. The Labute approximate surface area is 96.6 Å². The minimum atomic E-state index is -1.12. The van der Waals surface area contributed by atoms with Crippen LogP contribution in [0.1, 0.15) is 26.2 Å². The Morgan fingerprint density at radius 3 is 2.94 bits per heavy atom. The Bertz CT molecular complexity index is 243. The number of likely N-dealkylation sites (tertiary alicyclic amines) is 1. The highest BCUT2D eigenvalue weighted by atomic mass is 16.5. The number of carboxylic acid groups (broad SMARTS) is 1. The molecule has 1 aliphatic heterocycles. The molecule has 0 aromatic heterocycles. The lowest BCUT2D eigenvalue weighted by Gasteiger charge is -2.33. The maximum Gasteiger partial charge on any atom is 0.323 e. The first kappa shape index (κ1) is 13.4. The van der Waals surface area contributed by atoms with Crippen molar-refractivity contribution in [2.45, 2.75) is 37.8 Å². The second kappa shape index (κ2) is 5.61. The molecular weight excluding hydrogens is 208 g/mol. The summed E-state index contributed by atoms with van der Waals surface area (Å²) in [6.45, 7) is 4.17. The summed E-state index contributed by atoms with van der Waals surface area (Å²) in [4.78, 5) is 13.1. The number of hydrogen-bond donors (Lipinski definition) is 2. The normalized spacial score (nSPS) is 26.3. The van der Waals surface area contributed by atoms with Gasteiger partial charge < -0.3 is 20.5 Å². The molecule has 1 saturated heterocycles. The van der Waals surface area contributed by atoms with Crippen LogP contribution >= 0.6 is 0 Å². The zero-order valence-corrected chi connectivity index (χ0v) is 10.1. The van der Waals surface area contributed by atoms with E-state index in [-0.39, 0.29) is 6.10 Å². The van der Waals surface area contributed by atoms with Gasteiger partial charge in [0.2, 0.25) is 0 Å². The Morgan fingerprint density at radius 1 is 1.69 bits per heavy atom. The lowest BCUT2D eigenvalue weighted by Crippen LogP contribution is -2.49. The number of nitrogens with zero attached hydrogens (tertiary/aromatic N) is 1. The monoisotopic (exact) mass is 230 g/mol. The van der Waals surface area contributed by atoms with E-state index in [2.05, 4.69) is 4.90 Å². The maximum absolute atomic E-state index is 10.8. The van der Waals surface area contributed by atoms with Gasteiger partial charge in [-0.3, -0.25) is 4.79 Å². The summed E-state index contributed by atoms with van der Waals surface area (Å²) in [5.41, 5.74) is 4.56. The molecule has 0 aromatic rings. The Morgan fingerprint density at radius 2 is 2.38 bits per heavy atom. The van der Waals surface area contributed by atoms with Crippen LogP contribution in [0.2, 0.25) is 0 Å². The van der Waals surface area contributed by atoms with Crippen LogP contribution in [0.5, 0.6) is 0 Å². The number of aliphatic carboxylic acids is 1. The summed E-state index contributed by atoms with van der Waals surface area (Å²) in [7, 11) is 1.72. The van der Waals surface area contributed by atoms with Crippen LogP contribution in [-0.2, 0) is 9.53 Å². The SMILES string of the molecule is COC1CCCN(CCC(C)(N)C(=O)O)C1. The molecule has 0 saturated carbocycles. The minimum absolute atomic E-state index is 0.280. The van der Waals surface area contributed by atoms with Crippen LogP contribution in [0.4, 0.5) is 0 Å². The van der Waals surface area contributed by atoms with Crippen molar-refractivity contribution in [3.63, 3.8) is 0 Å². The molecule has 0 amide bonds. The number of piperidine rings is 1. The van der Waals surface area contributed by atoms with Crippen molar-refractivity contribution in [3.05, 3.63) is 0 Å². The standard InChI is InChI=1S/C11H22N2O3/c1-11(12,10(14)15)5-7-13-6-3-4-9(8-13)16-2/h9H,3-8,12H2,1-2H3,(H,14,15). The Kier molecular flexibility index (Phi) is 4.70. The molecule has 94 valence electrons. The van der Waals surface area contributed by atoms with Gasteiger partial charge in [-0.15, -0.1) is 0 Å². The van der Waals surface area contributed by atoms with Gasteiger partial charge in [-0.05, 0) is 32.7 Å². The van der Waals surface area contributed by atoms with Crippen molar-refractivity contribution in [3.8, 4) is 0 Å². The van der Waals surface area contributed by atoms with E-state index in [1.54, 1.807) is 14.0 Å². The van der Waals surface area contributed by atoms with Crippen molar-refractivity contribution in [1.29, 1.82) is 0 Å². The first-order valence-corrected chi connectivity index (χ1v) is 5.73. The minimum Gasteiger partial charge on any atom is -0.480 e. The van der Waals surface area contributed by atoms with E-state index in [4.69, 9.17) is 15.6 Å². The van der Waals surface area contributed by atoms with E-state index in [0.717, 1.165) is 32.5 Å². The predicted molar refractivity (Wildman–Crippen MR) is 61.3 cm³/mol. The maximum atomic E-state index is 10.8. The van der Waals surface area contributed by atoms with Crippen molar-refractivity contribution >= 4 is 5.97 Å². The van der Waals surface area contributed by atoms with Gasteiger partial charge in [-0.2, -0.15) is 0 Å². The van der Waals surface area contributed by atoms with Gasteiger partial charge in [0, 0.05) is 20.2 Å². The van der Waals surface area contributed by atoms with E-state index < -0.39 is 11.5 Å². The highest BCUT2D eigenvalue weighted by Gasteiger charge is 2.29. The largest absolute Gasteiger partial charge is 0.480 e. The molecule has 0 aliphatic carbocycles. The van der Waals surface area contributed by atoms with Crippen LogP contribution in [0, 0.1) is 0 Å². The number of ether oxygens (including phenoxy) is 1. The van der Waals surface area contributed by atoms with Crippen molar-refractivity contribution < 1.29 is 14.6 Å². The molecule has 0 radical (unpaired) electrons. The molecule has 5 nitrogen and oxygen atoms in total. The van der Waals surface area contributed by atoms with E-state index in [9.17, 15) is 4.79 Å². The van der Waals surface area contributed by atoms with Crippen molar-refractivity contribution in [2.75, 3.05) is 26.7 Å². The first-order valence-electron chi connectivity index (χ1n) is 5.73. The molecule has 16 heavy (non-hydrogen) atoms. The number of nitrogens with two attached hydrogens (primary N) is 1. The van der Waals surface area contributed by atoms with E-state index in [1.165, 1.54) is 0 Å². The fourth-order valence-corrected chi connectivity index (χ4v) is 1.91. The highest BCUT2D eigenvalue weighted by Crippen LogP contribution is 2.15. The van der Waals surface area contributed by atoms with Gasteiger partial charge in [0.1, 0.15) is 5.54 Å². The third kappa shape index (κ3) is 3.73. The zero-order chi connectivity index (χ0) is 12.2. The molecule has 2 unspecified atom stereocenters. The number of hydrogen-bond acceptors (Lipinski definition) is 4. The quantitative estimate of drug-likeness (QED) is 0.710. The van der Waals surface area contributed by atoms with Crippen LogP contribution in [-0.4, -0.2) is 54.4 Å². The average molecular weight is 230 g/mol. The van der Waals surface area contributed by atoms with Crippen LogP contribution < -0.4 is 5.73 Å². The first-order chi connectivity index (χ1) is 7.45. The zero-order valence-electron chi connectivity index (χ0n) is 10.1. The second-order valence-corrected chi connectivity index (χ2v) is 4.77. The smallest absolute Gasteiger partial charge is 0.323 e. The van der Waals surface area contributed by atoms with Crippen molar-refractivity contribution in [1.82, 2.24) is 4.90 Å². The summed E-state index contributed by atoms with van der Waals surface area (Å²) in [6, 6.07) is 0. The van der Waals surface area contributed by atoms with Gasteiger partial charge in [0.05, 0.1) is 6.10 Å². The Balaban J connectivity index is 2.35. The third-order valence-corrected chi connectivity index (χ3v) is 3.23. The van der Waals surface area contributed by atoms with Crippen LogP contribution in [0.3, 0.4) is 0 Å². The lowest BCUT2D eigenvalue weighted by molar-refractivity contribution is -0.143. The van der Waals surface area contributed by atoms with Gasteiger partial charge in [0.15, 0.2) is 0 Å². The molecule has 5 heteroatoms. The van der Waals surface area contributed by atoms with Gasteiger partial charge in [-0.25, -0.2) is 0 Å². The lowest BCUT2D eigenvalue weighted by atomic mass is 9.98. The third-order valence-electron chi connectivity index (χ3n) is 3.23. The van der Waals surface area contributed by atoms with E-state index in [0.29, 0.717) is 6.42 Å². The Hall–Kier alpha value is -0.650. The van der Waals surface area contributed by atoms with Gasteiger partial charge >= 0.3 is 5.97 Å². The number of methoxy groups -OCH3 is 1. The number of rotatable bonds is 5. The number of carbonyl (C=O) groups is 1. The van der Waals surface area contributed by atoms with E-state index >= 15 is 0 Å². The molecule has 1 heterocycles. The van der Waals surface area contributed by atoms with Gasteiger partial charge in [0.25, 0.3) is 0 Å². The van der Waals surface area contributed by atoms with Crippen molar-refractivity contribution in [2.24, 2.45) is 5.73 Å². The fraction of sp³-hybridized carbons (Fsp3) is 0.909. The molecule has 1 fully saturated rings. The molecule has 0 bridgehead atoms. The summed E-state index contributed by atoms with van der Waals surface area (Å²) < 4.78 is 5.31.